The maximum absolute atomic E-state index is 13.2. The Morgan fingerprint density at radius 3 is 2.78 bits per heavy atom. The summed E-state index contributed by atoms with van der Waals surface area (Å²) in [6.45, 7) is 5.72. The van der Waals surface area contributed by atoms with Gasteiger partial charge in [-0.3, -0.25) is 14.5 Å². The number of piperazine rings is 1. The zero-order valence-electron chi connectivity index (χ0n) is 16.5. The minimum absolute atomic E-state index is 0.0268. The van der Waals surface area contributed by atoms with Gasteiger partial charge in [0.1, 0.15) is 0 Å². The van der Waals surface area contributed by atoms with Gasteiger partial charge in [0.15, 0.2) is 0 Å². The van der Waals surface area contributed by atoms with E-state index in [1.807, 2.05) is 16.7 Å². The molecule has 7 heteroatoms. The molecule has 1 spiro atoms. The van der Waals surface area contributed by atoms with Crippen molar-refractivity contribution in [3.63, 3.8) is 0 Å². The van der Waals surface area contributed by atoms with Crippen molar-refractivity contribution in [1.29, 1.82) is 0 Å². The van der Waals surface area contributed by atoms with Crippen LogP contribution in [0.3, 0.4) is 0 Å². The van der Waals surface area contributed by atoms with E-state index in [4.69, 9.17) is 4.52 Å². The number of nitrogens with zero attached hydrogens (tertiary/aromatic N) is 4. The summed E-state index contributed by atoms with van der Waals surface area (Å²) in [5, 5.41) is 4.15. The fourth-order valence-electron chi connectivity index (χ4n) is 4.90. The smallest absolute Gasteiger partial charge is 0.292 e. The quantitative estimate of drug-likeness (QED) is 0.788. The van der Waals surface area contributed by atoms with Crippen LogP contribution in [0.25, 0.3) is 0 Å². The van der Waals surface area contributed by atoms with Crippen LogP contribution in [0.1, 0.15) is 60.8 Å². The molecule has 0 N–H and O–H groups in total. The van der Waals surface area contributed by atoms with E-state index in [0.29, 0.717) is 25.3 Å². The van der Waals surface area contributed by atoms with Crippen molar-refractivity contribution in [2.45, 2.75) is 57.4 Å². The second-order valence-corrected chi connectivity index (χ2v) is 8.24. The predicted octanol–water partition coefficient (Wildman–Crippen LogP) is 1.71. The lowest BCUT2D eigenvalue weighted by Crippen LogP contribution is -2.62. The number of carbonyl (C=O) groups excluding carboxylic acids is 2. The van der Waals surface area contributed by atoms with Gasteiger partial charge in [-0.15, -0.1) is 0 Å². The fraction of sp³-hybridized carbons (Fsp3) is 0.750. The van der Waals surface area contributed by atoms with Crippen LogP contribution in [-0.4, -0.2) is 77.0 Å². The number of amides is 2. The number of likely N-dealkylation sites (N-methyl/N-ethyl adjacent to an activating group) is 1. The average molecular weight is 374 g/mol. The molecular formula is C20H30N4O3. The summed E-state index contributed by atoms with van der Waals surface area (Å²) in [4.78, 5) is 31.8. The molecule has 148 valence electrons. The normalized spacial score (nSPS) is 27.0. The van der Waals surface area contributed by atoms with Gasteiger partial charge in [-0.05, 0) is 52.5 Å². The van der Waals surface area contributed by atoms with Crippen molar-refractivity contribution in [3.8, 4) is 0 Å². The molecule has 1 aliphatic carbocycles. The summed E-state index contributed by atoms with van der Waals surface area (Å²) >= 11 is 0. The zero-order chi connectivity index (χ0) is 19.0. The van der Waals surface area contributed by atoms with Gasteiger partial charge in [-0.25, -0.2) is 0 Å². The molecule has 0 aromatic carbocycles. The van der Waals surface area contributed by atoms with Crippen LogP contribution >= 0.6 is 0 Å². The van der Waals surface area contributed by atoms with Crippen LogP contribution in [0.2, 0.25) is 0 Å². The topological polar surface area (TPSA) is 69.9 Å². The summed E-state index contributed by atoms with van der Waals surface area (Å²) in [5.41, 5.74) is 1.85. The molecule has 1 atom stereocenters. The van der Waals surface area contributed by atoms with Crippen molar-refractivity contribution >= 4 is 11.8 Å². The highest BCUT2D eigenvalue weighted by Crippen LogP contribution is 2.33. The highest BCUT2D eigenvalue weighted by atomic mass is 16.5. The molecule has 2 fully saturated rings. The molecule has 0 radical (unpaired) electrons. The molecule has 3 heterocycles. The zero-order valence-corrected chi connectivity index (χ0v) is 16.5. The number of fused-ring (bicyclic) bond motifs is 1. The number of carbonyl (C=O) groups is 2. The van der Waals surface area contributed by atoms with Gasteiger partial charge in [0.25, 0.3) is 5.91 Å². The van der Waals surface area contributed by atoms with Gasteiger partial charge >= 0.3 is 0 Å². The third-order valence-electron chi connectivity index (χ3n) is 6.83. The van der Waals surface area contributed by atoms with Crippen molar-refractivity contribution in [3.05, 3.63) is 17.0 Å². The number of hydrogen-bond donors (Lipinski definition) is 0. The Labute approximate surface area is 160 Å². The third kappa shape index (κ3) is 3.26. The van der Waals surface area contributed by atoms with Crippen molar-refractivity contribution < 1.29 is 14.1 Å². The lowest BCUT2D eigenvalue weighted by atomic mass is 9.86. The number of aromatic nitrogens is 1. The Hall–Kier alpha value is -1.89. The Morgan fingerprint density at radius 2 is 1.96 bits per heavy atom. The number of aryl methyl sites for hydroxylation is 1. The summed E-state index contributed by atoms with van der Waals surface area (Å²) in [6.07, 6.45) is 6.27. The van der Waals surface area contributed by atoms with Crippen LogP contribution in [0, 0.1) is 0 Å². The Kier molecular flexibility index (Phi) is 4.97. The Balaban J connectivity index is 1.54. The van der Waals surface area contributed by atoms with Crippen molar-refractivity contribution in [1.82, 2.24) is 19.9 Å². The molecule has 0 saturated carbocycles. The van der Waals surface area contributed by atoms with Gasteiger partial charge in [0, 0.05) is 50.2 Å². The van der Waals surface area contributed by atoms with Gasteiger partial charge in [0.2, 0.25) is 11.7 Å². The summed E-state index contributed by atoms with van der Waals surface area (Å²) in [6, 6.07) is 0. The number of likely N-dealkylation sites (tertiary alicyclic amines) is 1. The minimum Gasteiger partial charge on any atom is -0.350 e. The molecule has 3 aliphatic rings. The van der Waals surface area contributed by atoms with E-state index >= 15 is 0 Å². The van der Waals surface area contributed by atoms with Crippen LogP contribution in [-0.2, 0) is 17.6 Å². The highest BCUT2D eigenvalue weighted by Gasteiger charge is 2.44. The molecule has 1 aromatic rings. The molecule has 27 heavy (non-hydrogen) atoms. The molecule has 2 amide bonds. The lowest BCUT2D eigenvalue weighted by molar-refractivity contribution is -0.130. The fourth-order valence-corrected chi connectivity index (χ4v) is 4.90. The first-order valence-electron chi connectivity index (χ1n) is 10.3. The van der Waals surface area contributed by atoms with Crippen molar-refractivity contribution in [2.75, 3.05) is 39.8 Å². The van der Waals surface area contributed by atoms with E-state index in [-0.39, 0.29) is 17.4 Å². The van der Waals surface area contributed by atoms with Gasteiger partial charge in [-0.1, -0.05) is 5.16 Å². The van der Waals surface area contributed by atoms with E-state index in [1.54, 1.807) is 0 Å². The average Bonchev–Trinajstić information content (AvgIpc) is 3.05. The maximum atomic E-state index is 13.2. The molecule has 0 unspecified atom stereocenters. The first-order chi connectivity index (χ1) is 13.0. The van der Waals surface area contributed by atoms with Crippen LogP contribution in [0.5, 0.6) is 0 Å². The first kappa shape index (κ1) is 18.5. The van der Waals surface area contributed by atoms with E-state index in [9.17, 15) is 9.59 Å². The van der Waals surface area contributed by atoms with Crippen LogP contribution < -0.4 is 0 Å². The Morgan fingerprint density at radius 1 is 1.15 bits per heavy atom. The SMILES string of the molecule is CCN1CC[C@]2(CCC1=O)CN(C(=O)c1onc3c1CCCC3)CCN2C. The second kappa shape index (κ2) is 7.26. The molecule has 1 aromatic heterocycles. The van der Waals surface area contributed by atoms with Crippen molar-refractivity contribution in [2.24, 2.45) is 0 Å². The summed E-state index contributed by atoms with van der Waals surface area (Å²) in [5.74, 6) is 0.654. The Bertz CT molecular complexity index is 731. The lowest BCUT2D eigenvalue weighted by Gasteiger charge is -2.49. The summed E-state index contributed by atoms with van der Waals surface area (Å²) < 4.78 is 5.49. The van der Waals surface area contributed by atoms with Crippen LogP contribution in [0.4, 0.5) is 0 Å². The largest absolute Gasteiger partial charge is 0.350 e. The standard InChI is InChI=1S/C20H30N4O3/c1-3-23-11-10-20(9-8-17(23)25)14-24(13-12-22(20)2)19(26)18-15-6-4-5-7-16(15)21-27-18/h3-14H2,1-2H3/t20-/m1/s1. The molecule has 0 bridgehead atoms. The van der Waals surface area contributed by atoms with Gasteiger partial charge in [0.05, 0.1) is 5.69 Å². The minimum atomic E-state index is -0.131. The van der Waals surface area contributed by atoms with E-state index in [0.717, 1.165) is 69.4 Å². The van der Waals surface area contributed by atoms with Gasteiger partial charge < -0.3 is 14.3 Å². The van der Waals surface area contributed by atoms with E-state index < -0.39 is 0 Å². The van der Waals surface area contributed by atoms with E-state index in [2.05, 4.69) is 17.1 Å². The predicted molar refractivity (Wildman–Crippen MR) is 101 cm³/mol. The highest BCUT2D eigenvalue weighted by molar-refractivity contribution is 5.93. The summed E-state index contributed by atoms with van der Waals surface area (Å²) in [7, 11) is 2.13. The number of rotatable bonds is 2. The molecule has 7 nitrogen and oxygen atoms in total. The maximum Gasteiger partial charge on any atom is 0.292 e. The monoisotopic (exact) mass is 374 g/mol. The number of hydrogen-bond acceptors (Lipinski definition) is 5. The molecule has 4 rings (SSSR count). The van der Waals surface area contributed by atoms with E-state index in [1.165, 1.54) is 0 Å². The molecule has 2 aliphatic heterocycles. The molecule has 2 saturated heterocycles. The van der Waals surface area contributed by atoms with Crippen LogP contribution in [0.15, 0.2) is 4.52 Å². The van der Waals surface area contributed by atoms with Gasteiger partial charge in [-0.2, -0.15) is 0 Å². The molecular weight excluding hydrogens is 344 g/mol. The first-order valence-corrected chi connectivity index (χ1v) is 10.3. The third-order valence-corrected chi connectivity index (χ3v) is 6.83. The second-order valence-electron chi connectivity index (χ2n) is 8.24.